The van der Waals surface area contributed by atoms with Gasteiger partial charge in [0, 0.05) is 39.3 Å². The van der Waals surface area contributed by atoms with Crippen LogP contribution in [0.4, 0.5) is 13.2 Å². The molecule has 5 nitrogen and oxygen atoms in total. The van der Waals surface area contributed by atoms with Crippen molar-refractivity contribution >= 4 is 39.6 Å². The standard InChI is InChI=1S/C32H22ClF3N4O/c1-20-26(24-12-4-7-16-29(24)39(20)19-22-9-2-5-14-27(22)33)18-37-40-30(21-10-8-11-23(17-21)32(34,35)36)38-28-15-6-3-13-25(28)31(40)41/h2-18H,19H2,1H3. The van der Waals surface area contributed by atoms with Gasteiger partial charge in [-0.2, -0.15) is 22.9 Å². The van der Waals surface area contributed by atoms with Crippen molar-refractivity contribution in [3.8, 4) is 11.4 Å². The van der Waals surface area contributed by atoms with Crippen LogP contribution in [-0.2, 0) is 12.7 Å². The Balaban J connectivity index is 1.54. The molecule has 41 heavy (non-hydrogen) atoms. The van der Waals surface area contributed by atoms with Crippen molar-refractivity contribution in [1.82, 2.24) is 14.2 Å². The molecule has 0 radical (unpaired) electrons. The molecule has 9 heteroatoms. The summed E-state index contributed by atoms with van der Waals surface area (Å²) >= 11 is 6.45. The molecule has 0 saturated carbocycles. The van der Waals surface area contributed by atoms with Crippen LogP contribution in [0.2, 0.25) is 5.02 Å². The number of rotatable bonds is 5. The van der Waals surface area contributed by atoms with Crippen LogP contribution in [0, 0.1) is 6.92 Å². The van der Waals surface area contributed by atoms with Gasteiger partial charge in [-0.15, -0.1) is 0 Å². The second-order valence-electron chi connectivity index (χ2n) is 9.59. The smallest absolute Gasteiger partial charge is 0.340 e. The van der Waals surface area contributed by atoms with E-state index in [4.69, 9.17) is 11.6 Å². The summed E-state index contributed by atoms with van der Waals surface area (Å²) in [6, 6.07) is 26.8. The average Bonchev–Trinajstić information content (AvgIpc) is 3.23. The number of benzene rings is 4. The van der Waals surface area contributed by atoms with Crippen molar-refractivity contribution in [2.75, 3.05) is 0 Å². The van der Waals surface area contributed by atoms with Gasteiger partial charge in [-0.05, 0) is 48.9 Å². The molecule has 6 rings (SSSR count). The Morgan fingerprint density at radius 2 is 1.61 bits per heavy atom. The van der Waals surface area contributed by atoms with Crippen molar-refractivity contribution < 1.29 is 13.2 Å². The Bertz CT molecular complexity index is 2020. The maximum atomic E-state index is 13.6. The summed E-state index contributed by atoms with van der Waals surface area (Å²) in [7, 11) is 0. The van der Waals surface area contributed by atoms with Crippen LogP contribution in [0.25, 0.3) is 33.2 Å². The van der Waals surface area contributed by atoms with Crippen molar-refractivity contribution in [3.05, 3.63) is 135 Å². The van der Waals surface area contributed by atoms with Gasteiger partial charge in [0.25, 0.3) is 5.56 Å². The fraction of sp³-hybridized carbons (Fsp3) is 0.0938. The Labute approximate surface area is 237 Å². The highest BCUT2D eigenvalue weighted by atomic mass is 35.5. The Morgan fingerprint density at radius 1 is 0.902 bits per heavy atom. The third kappa shape index (κ3) is 4.91. The van der Waals surface area contributed by atoms with Gasteiger partial charge in [-0.1, -0.05) is 72.3 Å². The molecule has 2 aromatic heterocycles. The van der Waals surface area contributed by atoms with E-state index >= 15 is 0 Å². The van der Waals surface area contributed by atoms with Gasteiger partial charge in [-0.3, -0.25) is 4.79 Å². The molecule has 0 atom stereocenters. The molecule has 0 bridgehead atoms. The van der Waals surface area contributed by atoms with E-state index in [1.807, 2.05) is 55.5 Å². The summed E-state index contributed by atoms with van der Waals surface area (Å²) < 4.78 is 43.8. The lowest BCUT2D eigenvalue weighted by atomic mass is 10.1. The van der Waals surface area contributed by atoms with Crippen LogP contribution in [0.1, 0.15) is 22.4 Å². The number of halogens is 4. The summed E-state index contributed by atoms with van der Waals surface area (Å²) in [5, 5.41) is 6.40. The van der Waals surface area contributed by atoms with E-state index in [1.165, 1.54) is 12.1 Å². The fourth-order valence-corrected chi connectivity index (χ4v) is 5.18. The van der Waals surface area contributed by atoms with E-state index < -0.39 is 17.3 Å². The van der Waals surface area contributed by atoms with E-state index in [-0.39, 0.29) is 11.4 Å². The number of para-hydroxylation sites is 2. The van der Waals surface area contributed by atoms with E-state index in [1.54, 1.807) is 30.5 Å². The van der Waals surface area contributed by atoms with Gasteiger partial charge in [0.15, 0.2) is 5.82 Å². The summed E-state index contributed by atoms with van der Waals surface area (Å²) in [5.41, 5.74) is 2.71. The molecule has 0 fully saturated rings. The van der Waals surface area contributed by atoms with Gasteiger partial charge in [-0.25, -0.2) is 4.98 Å². The monoisotopic (exact) mass is 570 g/mol. The van der Waals surface area contributed by atoms with Gasteiger partial charge in [0.05, 0.1) is 22.7 Å². The van der Waals surface area contributed by atoms with E-state index in [2.05, 4.69) is 14.7 Å². The second-order valence-corrected chi connectivity index (χ2v) is 9.99. The Hall–Kier alpha value is -4.69. The number of fused-ring (bicyclic) bond motifs is 2. The van der Waals surface area contributed by atoms with E-state index in [9.17, 15) is 18.0 Å². The van der Waals surface area contributed by atoms with Crippen LogP contribution in [0.5, 0.6) is 0 Å². The fourth-order valence-electron chi connectivity index (χ4n) is 4.99. The van der Waals surface area contributed by atoms with Crippen LogP contribution in [0.3, 0.4) is 0 Å². The predicted molar refractivity (Wildman–Crippen MR) is 157 cm³/mol. The number of aromatic nitrogens is 3. The number of hydrogen-bond donors (Lipinski definition) is 0. The number of nitrogens with zero attached hydrogens (tertiary/aromatic N) is 4. The summed E-state index contributed by atoms with van der Waals surface area (Å²) in [6.45, 7) is 2.47. The van der Waals surface area contributed by atoms with Gasteiger partial charge >= 0.3 is 6.18 Å². The summed E-state index contributed by atoms with van der Waals surface area (Å²) in [6.07, 6.45) is -2.99. The zero-order valence-electron chi connectivity index (χ0n) is 21.7. The molecule has 0 amide bonds. The summed E-state index contributed by atoms with van der Waals surface area (Å²) in [4.78, 5) is 18.2. The molecule has 4 aromatic carbocycles. The van der Waals surface area contributed by atoms with Crippen molar-refractivity contribution in [3.63, 3.8) is 0 Å². The zero-order chi connectivity index (χ0) is 28.7. The van der Waals surface area contributed by atoms with Crippen molar-refractivity contribution in [2.24, 2.45) is 5.10 Å². The van der Waals surface area contributed by atoms with Crippen LogP contribution >= 0.6 is 11.6 Å². The lowest BCUT2D eigenvalue weighted by Gasteiger charge is -2.12. The third-order valence-corrected chi connectivity index (χ3v) is 7.44. The number of hydrogen-bond acceptors (Lipinski definition) is 3. The minimum absolute atomic E-state index is 0.00788. The van der Waals surface area contributed by atoms with Crippen LogP contribution in [-0.4, -0.2) is 20.4 Å². The molecule has 204 valence electrons. The van der Waals surface area contributed by atoms with Gasteiger partial charge in [0.2, 0.25) is 0 Å². The van der Waals surface area contributed by atoms with E-state index in [0.29, 0.717) is 22.5 Å². The Kier molecular flexibility index (Phi) is 6.71. The lowest BCUT2D eigenvalue weighted by Crippen LogP contribution is -2.20. The molecular weight excluding hydrogens is 549 g/mol. The van der Waals surface area contributed by atoms with E-state index in [0.717, 1.165) is 44.5 Å². The van der Waals surface area contributed by atoms with Gasteiger partial charge in [0.1, 0.15) is 0 Å². The maximum Gasteiger partial charge on any atom is 0.416 e. The normalized spacial score (nSPS) is 12.1. The molecule has 6 aromatic rings. The second kappa shape index (κ2) is 10.4. The maximum absolute atomic E-state index is 13.6. The molecule has 0 aliphatic carbocycles. The molecule has 0 N–H and O–H groups in total. The highest BCUT2D eigenvalue weighted by Crippen LogP contribution is 2.32. The van der Waals surface area contributed by atoms with Crippen molar-refractivity contribution in [2.45, 2.75) is 19.6 Å². The van der Waals surface area contributed by atoms with Gasteiger partial charge < -0.3 is 4.57 Å². The Morgan fingerprint density at radius 3 is 2.39 bits per heavy atom. The highest BCUT2D eigenvalue weighted by Gasteiger charge is 2.31. The molecule has 0 spiro atoms. The first kappa shape index (κ1) is 26.5. The topological polar surface area (TPSA) is 52.2 Å². The molecule has 0 unspecified atom stereocenters. The molecule has 0 saturated heterocycles. The predicted octanol–water partition coefficient (Wildman–Crippen LogP) is 7.93. The van der Waals surface area contributed by atoms with Crippen LogP contribution < -0.4 is 5.56 Å². The minimum atomic E-state index is -4.55. The highest BCUT2D eigenvalue weighted by molar-refractivity contribution is 6.31. The average molecular weight is 571 g/mol. The largest absolute Gasteiger partial charge is 0.416 e. The third-order valence-electron chi connectivity index (χ3n) is 7.07. The number of alkyl halides is 3. The first-order valence-electron chi connectivity index (χ1n) is 12.8. The summed E-state index contributed by atoms with van der Waals surface area (Å²) in [5.74, 6) is 0.00788. The van der Waals surface area contributed by atoms with Crippen LogP contribution in [0.15, 0.2) is 107 Å². The zero-order valence-corrected chi connectivity index (χ0v) is 22.5. The molecule has 0 aliphatic heterocycles. The quantitative estimate of drug-likeness (QED) is 0.198. The first-order chi connectivity index (χ1) is 19.7. The SMILES string of the molecule is Cc1c(C=Nn2c(-c3cccc(C(F)(F)F)c3)nc3ccccc3c2=O)c2ccccc2n1Cc1ccccc1Cl. The molecular formula is C32H22ClF3N4O. The lowest BCUT2D eigenvalue weighted by molar-refractivity contribution is -0.137. The van der Waals surface area contributed by atoms with Crippen molar-refractivity contribution in [1.29, 1.82) is 0 Å². The minimum Gasteiger partial charge on any atom is -0.340 e. The molecule has 0 aliphatic rings. The molecule has 2 heterocycles. The first-order valence-corrected chi connectivity index (χ1v) is 13.1.